The van der Waals surface area contributed by atoms with Crippen LogP contribution in [0.5, 0.6) is 5.75 Å². The Labute approximate surface area is 162 Å². The van der Waals surface area contributed by atoms with E-state index in [9.17, 15) is 31.1 Å². The smallest absolute Gasteiger partial charge is 0.471 e. The number of rotatable bonds is 2. The van der Waals surface area contributed by atoms with Gasteiger partial charge >= 0.3 is 18.3 Å². The highest BCUT2D eigenvalue weighted by atomic mass is 19.4. The van der Waals surface area contributed by atoms with Crippen LogP contribution in [0.15, 0.2) is 42.5 Å². The number of fused-ring (bicyclic) bond motifs is 1. The van der Waals surface area contributed by atoms with Crippen LogP contribution >= 0.6 is 0 Å². The van der Waals surface area contributed by atoms with Crippen molar-refractivity contribution in [2.24, 2.45) is 0 Å². The molecule has 0 fully saturated rings. The number of halogens is 6. The fourth-order valence-corrected chi connectivity index (χ4v) is 3.57. The number of methoxy groups -OCH3 is 1. The SMILES string of the molecule is COc1cc2c(cc1C(F)(F)F)CCN(C(=O)C(F)(F)F)C(c1ccccc1)C2. The fourth-order valence-electron chi connectivity index (χ4n) is 3.57. The van der Waals surface area contributed by atoms with Gasteiger partial charge in [-0.2, -0.15) is 26.3 Å². The minimum Gasteiger partial charge on any atom is -0.496 e. The molecule has 0 bridgehead atoms. The minimum absolute atomic E-state index is 0.0599. The van der Waals surface area contributed by atoms with Gasteiger partial charge in [0.1, 0.15) is 5.75 Å². The molecule has 1 aliphatic heterocycles. The number of nitrogens with zero attached hydrogens (tertiary/aromatic N) is 1. The van der Waals surface area contributed by atoms with E-state index in [1.165, 1.54) is 6.07 Å². The third-order valence-electron chi connectivity index (χ3n) is 4.93. The lowest BCUT2D eigenvalue weighted by atomic mass is 9.94. The van der Waals surface area contributed by atoms with Crippen molar-refractivity contribution in [1.29, 1.82) is 0 Å². The van der Waals surface area contributed by atoms with Crippen LogP contribution in [-0.4, -0.2) is 30.6 Å². The van der Waals surface area contributed by atoms with Crippen LogP contribution in [0.2, 0.25) is 0 Å². The van der Waals surface area contributed by atoms with E-state index in [2.05, 4.69) is 0 Å². The van der Waals surface area contributed by atoms with Crippen molar-refractivity contribution in [2.45, 2.75) is 31.2 Å². The molecule has 0 N–H and O–H groups in total. The van der Waals surface area contributed by atoms with Crippen LogP contribution in [0, 0.1) is 0 Å². The van der Waals surface area contributed by atoms with Crippen LogP contribution in [0.3, 0.4) is 0 Å². The molecule has 2 aromatic carbocycles. The van der Waals surface area contributed by atoms with Crippen LogP contribution in [0.4, 0.5) is 26.3 Å². The maximum atomic E-state index is 13.3. The molecule has 1 heterocycles. The summed E-state index contributed by atoms with van der Waals surface area (Å²) >= 11 is 0. The fraction of sp³-hybridized carbons (Fsp3) is 0.350. The average molecular weight is 417 g/mol. The molecule has 0 aromatic heterocycles. The molecule has 1 atom stereocenters. The molecule has 3 nitrogen and oxygen atoms in total. The Hall–Kier alpha value is -2.71. The van der Waals surface area contributed by atoms with E-state index in [0.29, 0.717) is 16.0 Å². The second-order valence-electron chi connectivity index (χ2n) is 6.70. The zero-order chi connectivity index (χ0) is 21.4. The van der Waals surface area contributed by atoms with Gasteiger partial charge in [0.15, 0.2) is 0 Å². The molecule has 1 aliphatic rings. The summed E-state index contributed by atoms with van der Waals surface area (Å²) in [4.78, 5) is 12.7. The normalized spacial score (nSPS) is 17.5. The molecular formula is C20H17F6NO2. The van der Waals surface area contributed by atoms with Gasteiger partial charge in [-0.05, 0) is 41.7 Å². The maximum absolute atomic E-state index is 13.3. The van der Waals surface area contributed by atoms with E-state index in [-0.39, 0.29) is 24.9 Å². The molecule has 0 saturated heterocycles. The zero-order valence-corrected chi connectivity index (χ0v) is 15.3. The Morgan fingerprint density at radius 2 is 1.69 bits per heavy atom. The largest absolute Gasteiger partial charge is 0.496 e. The third kappa shape index (κ3) is 4.33. The molecule has 1 unspecified atom stereocenters. The van der Waals surface area contributed by atoms with Crippen molar-refractivity contribution in [3.05, 3.63) is 64.7 Å². The number of benzene rings is 2. The van der Waals surface area contributed by atoms with Crippen molar-refractivity contribution >= 4 is 5.91 Å². The van der Waals surface area contributed by atoms with Crippen molar-refractivity contribution < 1.29 is 35.9 Å². The Morgan fingerprint density at radius 3 is 2.24 bits per heavy atom. The predicted molar refractivity (Wildman–Crippen MR) is 92.4 cm³/mol. The molecule has 2 aromatic rings. The first-order valence-electron chi connectivity index (χ1n) is 8.72. The molecule has 0 aliphatic carbocycles. The van der Waals surface area contributed by atoms with Gasteiger partial charge in [0, 0.05) is 6.54 Å². The first-order valence-corrected chi connectivity index (χ1v) is 8.72. The third-order valence-corrected chi connectivity index (χ3v) is 4.93. The van der Waals surface area contributed by atoms with Gasteiger partial charge in [-0.15, -0.1) is 0 Å². The summed E-state index contributed by atoms with van der Waals surface area (Å²) in [5.41, 5.74) is 0.139. The number of hydrogen-bond acceptors (Lipinski definition) is 2. The first kappa shape index (κ1) is 21.0. The summed E-state index contributed by atoms with van der Waals surface area (Å²) in [6.45, 7) is -0.353. The number of ether oxygens (including phenoxy) is 1. The Balaban J connectivity index is 2.10. The number of carbonyl (C=O) groups is 1. The van der Waals surface area contributed by atoms with Crippen molar-refractivity contribution in [2.75, 3.05) is 13.7 Å². The first-order chi connectivity index (χ1) is 13.5. The summed E-state index contributed by atoms with van der Waals surface area (Å²) < 4.78 is 84.3. The van der Waals surface area contributed by atoms with E-state index in [1.807, 2.05) is 0 Å². The molecule has 9 heteroatoms. The van der Waals surface area contributed by atoms with Crippen molar-refractivity contribution in [1.82, 2.24) is 4.90 Å². The van der Waals surface area contributed by atoms with Gasteiger partial charge in [-0.3, -0.25) is 4.79 Å². The quantitative estimate of drug-likeness (QED) is 0.648. The topological polar surface area (TPSA) is 29.5 Å². The lowest BCUT2D eigenvalue weighted by Gasteiger charge is -2.31. The molecular weight excluding hydrogens is 400 g/mol. The van der Waals surface area contributed by atoms with Crippen LogP contribution < -0.4 is 4.74 Å². The second kappa shape index (κ2) is 7.61. The monoisotopic (exact) mass is 417 g/mol. The molecule has 0 saturated carbocycles. The number of alkyl halides is 6. The molecule has 3 rings (SSSR count). The highest BCUT2D eigenvalue weighted by Crippen LogP contribution is 2.41. The van der Waals surface area contributed by atoms with E-state index in [4.69, 9.17) is 4.74 Å². The van der Waals surface area contributed by atoms with E-state index < -0.39 is 35.6 Å². The minimum atomic E-state index is -5.08. The standard InChI is InChI=1S/C20H17F6NO2/c1-29-17-11-14-10-16(12-5-3-2-4-6-12)27(18(28)20(24,25)26)8-7-13(14)9-15(17)19(21,22)23/h2-6,9,11,16H,7-8,10H2,1H3. The van der Waals surface area contributed by atoms with Gasteiger partial charge in [0.25, 0.3) is 0 Å². The van der Waals surface area contributed by atoms with E-state index in [0.717, 1.165) is 13.2 Å². The molecule has 1 amide bonds. The second-order valence-corrected chi connectivity index (χ2v) is 6.70. The lowest BCUT2D eigenvalue weighted by molar-refractivity contribution is -0.188. The molecule has 156 valence electrons. The number of hydrogen-bond donors (Lipinski definition) is 0. The zero-order valence-electron chi connectivity index (χ0n) is 15.3. The summed E-state index contributed by atoms with van der Waals surface area (Å²) in [7, 11) is 1.10. The summed E-state index contributed by atoms with van der Waals surface area (Å²) in [6.07, 6.45) is -9.95. The van der Waals surface area contributed by atoms with E-state index in [1.54, 1.807) is 30.3 Å². The molecule has 29 heavy (non-hydrogen) atoms. The number of amides is 1. The predicted octanol–water partition coefficient (Wildman–Crippen LogP) is 4.94. The van der Waals surface area contributed by atoms with Crippen molar-refractivity contribution in [3.8, 4) is 5.75 Å². The lowest BCUT2D eigenvalue weighted by Crippen LogP contribution is -2.44. The van der Waals surface area contributed by atoms with Gasteiger partial charge < -0.3 is 9.64 Å². The Bertz CT molecular complexity index is 892. The van der Waals surface area contributed by atoms with Gasteiger partial charge in [-0.1, -0.05) is 30.3 Å². The van der Waals surface area contributed by atoms with Gasteiger partial charge in [-0.25, -0.2) is 0 Å². The highest BCUT2D eigenvalue weighted by molar-refractivity contribution is 5.82. The van der Waals surface area contributed by atoms with Crippen LogP contribution in [0.1, 0.15) is 28.3 Å². The number of carbonyl (C=O) groups excluding carboxylic acids is 1. The van der Waals surface area contributed by atoms with Crippen LogP contribution in [0.25, 0.3) is 0 Å². The van der Waals surface area contributed by atoms with Crippen LogP contribution in [-0.2, 0) is 23.8 Å². The van der Waals surface area contributed by atoms with Crippen molar-refractivity contribution in [3.63, 3.8) is 0 Å². The highest BCUT2D eigenvalue weighted by Gasteiger charge is 2.46. The molecule has 0 radical (unpaired) electrons. The Morgan fingerprint density at radius 1 is 1.03 bits per heavy atom. The summed E-state index contributed by atoms with van der Waals surface area (Å²) in [5.74, 6) is -2.42. The Kier molecular flexibility index (Phi) is 5.51. The summed E-state index contributed by atoms with van der Waals surface area (Å²) in [5, 5.41) is 0. The maximum Gasteiger partial charge on any atom is 0.471 e. The molecule has 0 spiro atoms. The van der Waals surface area contributed by atoms with E-state index >= 15 is 0 Å². The van der Waals surface area contributed by atoms with Gasteiger partial charge in [0.2, 0.25) is 0 Å². The average Bonchev–Trinajstić information content (AvgIpc) is 2.84. The van der Waals surface area contributed by atoms with Gasteiger partial charge in [0.05, 0.1) is 18.7 Å². The summed E-state index contributed by atoms with van der Waals surface area (Å²) in [6, 6.07) is 9.26.